The third-order valence-corrected chi connectivity index (χ3v) is 5.83. The second-order valence-electron chi connectivity index (χ2n) is 9.36. The molecule has 6 heteroatoms. The molecule has 0 radical (unpaired) electrons. The Morgan fingerprint density at radius 2 is 1.66 bits per heavy atom. The van der Waals surface area contributed by atoms with Crippen LogP contribution in [0.2, 0.25) is 5.02 Å². The van der Waals surface area contributed by atoms with Crippen molar-refractivity contribution in [1.82, 2.24) is 9.97 Å². The van der Waals surface area contributed by atoms with E-state index in [0.717, 1.165) is 38.6 Å². The van der Waals surface area contributed by atoms with Gasteiger partial charge in [-0.3, -0.25) is 0 Å². The van der Waals surface area contributed by atoms with Crippen molar-refractivity contribution in [3.8, 4) is 22.5 Å². The van der Waals surface area contributed by atoms with E-state index in [2.05, 4.69) is 22.1 Å². The minimum Gasteiger partial charge on any atom is -0.464 e. The van der Waals surface area contributed by atoms with Gasteiger partial charge in [0.1, 0.15) is 0 Å². The third-order valence-electron chi connectivity index (χ3n) is 5.58. The van der Waals surface area contributed by atoms with Crippen molar-refractivity contribution in [2.45, 2.75) is 46.3 Å². The molecule has 0 spiro atoms. The molecule has 1 aromatic heterocycles. The van der Waals surface area contributed by atoms with Gasteiger partial charge in [0.05, 0.1) is 12.2 Å². The quantitative estimate of drug-likeness (QED) is 0.265. The zero-order valence-electron chi connectivity index (χ0n) is 20.6. The number of halogens is 1. The van der Waals surface area contributed by atoms with Crippen LogP contribution in [-0.2, 0) is 14.3 Å². The van der Waals surface area contributed by atoms with Gasteiger partial charge in [0.25, 0.3) is 0 Å². The van der Waals surface area contributed by atoms with Crippen molar-refractivity contribution in [2.75, 3.05) is 6.61 Å². The third kappa shape index (κ3) is 5.53. The Bertz CT molecular complexity index is 1350. The Kier molecular flexibility index (Phi) is 7.20. The molecule has 180 valence electrons. The summed E-state index contributed by atoms with van der Waals surface area (Å²) in [4.78, 5) is 22.0. The summed E-state index contributed by atoms with van der Waals surface area (Å²) in [6, 6.07) is 17.6. The molecule has 1 unspecified atom stereocenters. The van der Waals surface area contributed by atoms with E-state index in [-0.39, 0.29) is 6.61 Å². The Morgan fingerprint density at radius 1 is 1.00 bits per heavy atom. The number of carbonyl (C=O) groups excluding carboxylic acids is 1. The summed E-state index contributed by atoms with van der Waals surface area (Å²) in [5.74, 6) is 0.249. The number of rotatable bonds is 6. The highest BCUT2D eigenvalue weighted by Crippen LogP contribution is 2.41. The summed E-state index contributed by atoms with van der Waals surface area (Å²) < 4.78 is 11.8. The van der Waals surface area contributed by atoms with Gasteiger partial charge in [-0.05, 0) is 86.3 Å². The molecule has 0 aliphatic rings. The van der Waals surface area contributed by atoms with Crippen molar-refractivity contribution < 1.29 is 14.3 Å². The van der Waals surface area contributed by atoms with E-state index < -0.39 is 17.7 Å². The Labute approximate surface area is 211 Å². The molecule has 5 nitrogen and oxygen atoms in total. The molecule has 0 saturated carbocycles. The minimum absolute atomic E-state index is 0.270. The maximum Gasteiger partial charge on any atom is 0.339 e. The van der Waals surface area contributed by atoms with Crippen molar-refractivity contribution in [1.29, 1.82) is 0 Å². The summed E-state index contributed by atoms with van der Waals surface area (Å²) >= 11 is 6.21. The van der Waals surface area contributed by atoms with E-state index in [4.69, 9.17) is 21.1 Å². The topological polar surface area (TPSA) is 61.3 Å². The van der Waals surface area contributed by atoms with Crippen LogP contribution in [0.5, 0.6) is 0 Å². The standard InChI is InChI=1S/C29H29ClN2O3/c1-6-34-28(33)26(35-29(3,4)5)24-18(2)16-21-17-20(27-31-14-7-15-32-27)10-13-23(21)25(24)19-8-11-22(30)12-9-19/h7-17,26H,6H2,1-5H3. The normalized spacial score (nSPS) is 12.5. The molecule has 0 amide bonds. The second kappa shape index (κ2) is 10.1. The highest BCUT2D eigenvalue weighted by molar-refractivity contribution is 6.30. The lowest BCUT2D eigenvalue weighted by Crippen LogP contribution is -2.29. The number of carbonyl (C=O) groups is 1. The highest BCUT2D eigenvalue weighted by Gasteiger charge is 2.32. The van der Waals surface area contributed by atoms with Crippen LogP contribution in [0.1, 0.15) is 44.9 Å². The number of hydrogen-bond acceptors (Lipinski definition) is 5. The van der Waals surface area contributed by atoms with Crippen molar-refractivity contribution in [3.63, 3.8) is 0 Å². The zero-order valence-corrected chi connectivity index (χ0v) is 21.4. The van der Waals surface area contributed by atoms with Crippen LogP contribution in [0.25, 0.3) is 33.3 Å². The molecule has 35 heavy (non-hydrogen) atoms. The van der Waals surface area contributed by atoms with Crippen LogP contribution in [-0.4, -0.2) is 28.1 Å². The number of benzene rings is 3. The van der Waals surface area contributed by atoms with E-state index >= 15 is 0 Å². The number of esters is 1. The van der Waals surface area contributed by atoms with Crippen LogP contribution in [0, 0.1) is 6.92 Å². The van der Waals surface area contributed by atoms with Crippen molar-refractivity contribution in [3.05, 3.63) is 83.1 Å². The van der Waals surface area contributed by atoms with Gasteiger partial charge < -0.3 is 9.47 Å². The van der Waals surface area contributed by atoms with Crippen molar-refractivity contribution in [2.24, 2.45) is 0 Å². The van der Waals surface area contributed by atoms with E-state index in [1.165, 1.54) is 0 Å². The first-order valence-electron chi connectivity index (χ1n) is 11.6. The molecule has 0 aliphatic heterocycles. The maximum absolute atomic E-state index is 13.2. The second-order valence-corrected chi connectivity index (χ2v) is 9.80. The number of nitrogens with zero attached hydrogens (tertiary/aromatic N) is 2. The molecule has 4 aromatic rings. The largest absolute Gasteiger partial charge is 0.464 e. The molecule has 1 heterocycles. The average molecular weight is 489 g/mol. The molecular formula is C29H29ClN2O3. The predicted molar refractivity (Wildman–Crippen MR) is 140 cm³/mol. The summed E-state index contributed by atoms with van der Waals surface area (Å²) in [6.45, 7) is 9.87. The molecule has 0 fully saturated rings. The van der Waals surface area contributed by atoms with Gasteiger partial charge in [-0.1, -0.05) is 41.9 Å². The van der Waals surface area contributed by atoms with E-state index in [1.54, 1.807) is 25.4 Å². The van der Waals surface area contributed by atoms with Gasteiger partial charge in [0.2, 0.25) is 0 Å². The molecule has 1 atom stereocenters. The Morgan fingerprint density at radius 3 is 2.29 bits per heavy atom. The fourth-order valence-electron chi connectivity index (χ4n) is 4.21. The summed E-state index contributed by atoms with van der Waals surface area (Å²) in [5, 5.41) is 2.64. The van der Waals surface area contributed by atoms with Crippen LogP contribution < -0.4 is 0 Å². The van der Waals surface area contributed by atoms with Gasteiger partial charge in [0.15, 0.2) is 11.9 Å². The lowest BCUT2D eigenvalue weighted by molar-refractivity contribution is -0.166. The fourth-order valence-corrected chi connectivity index (χ4v) is 4.34. The van der Waals surface area contributed by atoms with E-state index in [9.17, 15) is 4.79 Å². The average Bonchev–Trinajstić information content (AvgIpc) is 2.82. The molecule has 0 saturated heterocycles. The van der Waals surface area contributed by atoms with Crippen LogP contribution >= 0.6 is 11.6 Å². The molecule has 0 aliphatic carbocycles. The fraction of sp³-hybridized carbons (Fsp3) is 0.276. The van der Waals surface area contributed by atoms with Gasteiger partial charge in [0, 0.05) is 28.5 Å². The van der Waals surface area contributed by atoms with Crippen LogP contribution in [0.15, 0.2) is 67.0 Å². The maximum atomic E-state index is 13.2. The Balaban J connectivity index is 2.01. The number of aromatic nitrogens is 2. The van der Waals surface area contributed by atoms with E-state index in [1.807, 2.05) is 64.1 Å². The number of fused-ring (bicyclic) bond motifs is 1. The summed E-state index contributed by atoms with van der Waals surface area (Å²) in [7, 11) is 0. The van der Waals surface area contributed by atoms with Crippen LogP contribution in [0.3, 0.4) is 0 Å². The number of hydrogen-bond donors (Lipinski definition) is 0. The lowest BCUT2D eigenvalue weighted by atomic mass is 9.86. The number of aryl methyl sites for hydroxylation is 1. The van der Waals surface area contributed by atoms with E-state index in [0.29, 0.717) is 10.8 Å². The summed E-state index contributed by atoms with van der Waals surface area (Å²) in [6.07, 6.45) is 2.57. The van der Waals surface area contributed by atoms with Gasteiger partial charge in [-0.2, -0.15) is 0 Å². The molecule has 3 aromatic carbocycles. The SMILES string of the molecule is CCOC(=O)C(OC(C)(C)C)c1c(C)cc2cc(-c3ncccn3)ccc2c1-c1ccc(Cl)cc1. The van der Waals surface area contributed by atoms with Gasteiger partial charge in [-0.25, -0.2) is 14.8 Å². The Hall–Kier alpha value is -3.28. The monoisotopic (exact) mass is 488 g/mol. The van der Waals surface area contributed by atoms with Gasteiger partial charge in [-0.15, -0.1) is 0 Å². The van der Waals surface area contributed by atoms with Crippen LogP contribution in [0.4, 0.5) is 0 Å². The highest BCUT2D eigenvalue weighted by atomic mass is 35.5. The first-order chi connectivity index (χ1) is 16.7. The molecular weight excluding hydrogens is 460 g/mol. The first-order valence-corrected chi connectivity index (χ1v) is 12.0. The van der Waals surface area contributed by atoms with Crippen molar-refractivity contribution >= 4 is 28.3 Å². The van der Waals surface area contributed by atoms with Gasteiger partial charge >= 0.3 is 5.97 Å². The molecule has 4 rings (SSSR count). The predicted octanol–water partition coefficient (Wildman–Crippen LogP) is 7.34. The molecule has 0 N–H and O–H groups in total. The zero-order chi connectivity index (χ0) is 25.2. The number of ether oxygens (including phenoxy) is 2. The first kappa shape index (κ1) is 24.8. The lowest BCUT2D eigenvalue weighted by Gasteiger charge is -2.29. The summed E-state index contributed by atoms with van der Waals surface area (Å²) in [5.41, 5.74) is 3.92. The molecule has 0 bridgehead atoms. The smallest absolute Gasteiger partial charge is 0.339 e. The minimum atomic E-state index is -0.887.